The van der Waals surface area contributed by atoms with Crippen LogP contribution in [0.25, 0.3) is 11.0 Å². The van der Waals surface area contributed by atoms with Gasteiger partial charge in [-0.15, -0.1) is 0 Å². The number of nitrogens with zero attached hydrogens (tertiary/aromatic N) is 2. The Morgan fingerprint density at radius 1 is 0.920 bits per heavy atom. The Morgan fingerprint density at radius 3 is 2.26 bits per heavy atom. The van der Waals surface area contributed by atoms with E-state index in [0.29, 0.717) is 49.0 Å². The molecule has 4 aromatic rings. The fourth-order valence-corrected chi connectivity index (χ4v) is 6.99. The summed E-state index contributed by atoms with van der Waals surface area (Å²) in [6.45, 7) is 2.81. The zero-order valence-electron chi connectivity index (χ0n) is 27.0. The van der Waals surface area contributed by atoms with E-state index in [9.17, 15) is 35.6 Å². The van der Waals surface area contributed by atoms with Crippen LogP contribution in [0.5, 0.6) is 11.5 Å². The number of carbonyl (C=O) groups is 2. The number of nitrogens with one attached hydrogen (secondary N) is 1. The van der Waals surface area contributed by atoms with Gasteiger partial charge in [0, 0.05) is 62.6 Å². The number of fused-ring (bicyclic) bond motifs is 1. The highest BCUT2D eigenvalue weighted by Gasteiger charge is 2.46. The number of hydrogen-bond donors (Lipinski definition) is 1. The zero-order valence-corrected chi connectivity index (χ0v) is 27.9. The first-order chi connectivity index (χ1) is 23.8. The Labute approximate surface area is 285 Å². The monoisotopic (exact) mass is 717 g/mol. The molecular weight excluding hydrogens is 682 g/mol. The van der Waals surface area contributed by atoms with Crippen LogP contribution < -0.4 is 14.8 Å². The van der Waals surface area contributed by atoms with Gasteiger partial charge in [0.15, 0.2) is 17.3 Å². The molecule has 15 heteroatoms. The molecule has 1 aromatic heterocycles. The minimum Gasteiger partial charge on any atom is -0.494 e. The van der Waals surface area contributed by atoms with Gasteiger partial charge in [-0.25, -0.2) is 12.8 Å². The van der Waals surface area contributed by atoms with Gasteiger partial charge in [0.1, 0.15) is 17.4 Å². The van der Waals surface area contributed by atoms with Crippen LogP contribution in [0.2, 0.25) is 0 Å². The van der Waals surface area contributed by atoms with Gasteiger partial charge in [-0.2, -0.15) is 13.2 Å². The number of sulfone groups is 1. The van der Waals surface area contributed by atoms with Gasteiger partial charge >= 0.3 is 5.51 Å². The lowest BCUT2D eigenvalue weighted by molar-refractivity contribution is -0.0436. The van der Waals surface area contributed by atoms with E-state index in [1.165, 1.54) is 25.3 Å². The highest BCUT2D eigenvalue weighted by atomic mass is 32.2. The number of benzene rings is 3. The van der Waals surface area contributed by atoms with E-state index < -0.39 is 26.1 Å². The Bertz CT molecular complexity index is 1970. The molecule has 0 unspecified atom stereocenters. The predicted octanol–water partition coefficient (Wildman–Crippen LogP) is 5.95. The molecule has 1 N–H and O–H groups in total. The van der Waals surface area contributed by atoms with E-state index in [2.05, 4.69) is 10.2 Å². The van der Waals surface area contributed by atoms with Gasteiger partial charge in [0.05, 0.1) is 12.0 Å². The van der Waals surface area contributed by atoms with Crippen molar-refractivity contribution in [2.75, 3.05) is 33.3 Å². The average Bonchev–Trinajstić information content (AvgIpc) is 3.53. The van der Waals surface area contributed by atoms with Gasteiger partial charge in [-0.1, -0.05) is 6.07 Å². The van der Waals surface area contributed by atoms with Gasteiger partial charge < -0.3 is 24.1 Å². The third-order valence-corrected chi connectivity index (χ3v) is 10.5. The molecule has 266 valence electrons. The number of rotatable bonds is 9. The number of likely N-dealkylation sites (tertiary alicyclic amines) is 2. The molecule has 3 aromatic carbocycles. The maximum atomic E-state index is 14.1. The Balaban J connectivity index is 0.983. The summed E-state index contributed by atoms with van der Waals surface area (Å²) < 4.78 is 92.3. The molecule has 0 saturated carbocycles. The largest absolute Gasteiger partial charge is 0.501 e. The molecule has 6 rings (SSSR count). The second kappa shape index (κ2) is 14.3. The maximum Gasteiger partial charge on any atom is 0.501 e. The van der Waals surface area contributed by atoms with Crippen LogP contribution in [0.1, 0.15) is 52.2 Å². The first kappa shape index (κ1) is 35.2. The number of halogens is 4. The van der Waals surface area contributed by atoms with E-state index in [0.717, 1.165) is 43.6 Å². The molecule has 0 atom stereocenters. The molecule has 0 radical (unpaired) electrons. The third-order valence-electron chi connectivity index (χ3n) is 9.00. The first-order valence-corrected chi connectivity index (χ1v) is 17.6. The van der Waals surface area contributed by atoms with Gasteiger partial charge in [0.25, 0.3) is 21.7 Å². The minimum atomic E-state index is -5.44. The van der Waals surface area contributed by atoms with Gasteiger partial charge in [-0.3, -0.25) is 14.5 Å². The summed E-state index contributed by atoms with van der Waals surface area (Å²) in [6.07, 6.45) is 2.07. The lowest BCUT2D eigenvalue weighted by Crippen LogP contribution is -2.44. The molecule has 10 nitrogen and oxygen atoms in total. The summed E-state index contributed by atoms with van der Waals surface area (Å²) in [4.78, 5) is 29.4. The van der Waals surface area contributed by atoms with Crippen molar-refractivity contribution < 1.29 is 49.5 Å². The van der Waals surface area contributed by atoms with E-state index in [-0.39, 0.29) is 41.2 Å². The van der Waals surface area contributed by atoms with E-state index in [1.54, 1.807) is 35.2 Å². The molecule has 0 bridgehead atoms. The number of hydrogen-bond acceptors (Lipinski definition) is 8. The maximum absolute atomic E-state index is 14.1. The SMILES string of the molecule is COc1ccc(CN2CCC(NC(=O)c3cc4cc(C(=O)N5CCC(Oc6ccc(S(=O)(=O)C(F)(F)F)cc6)CC5)ccc4o3)CC2)cc1F. The summed E-state index contributed by atoms with van der Waals surface area (Å²) in [5, 5.41) is 3.64. The normalized spacial score (nSPS) is 16.8. The number of amides is 2. The molecular formula is C35H35F4N3O7S. The van der Waals surface area contributed by atoms with Crippen LogP contribution in [0.4, 0.5) is 17.6 Å². The second-order valence-electron chi connectivity index (χ2n) is 12.4. The zero-order chi connectivity index (χ0) is 35.6. The van der Waals surface area contributed by atoms with Crippen molar-refractivity contribution in [1.82, 2.24) is 15.1 Å². The van der Waals surface area contributed by atoms with E-state index >= 15 is 0 Å². The summed E-state index contributed by atoms with van der Waals surface area (Å²) in [7, 11) is -4.02. The summed E-state index contributed by atoms with van der Waals surface area (Å²) in [6, 6.07) is 15.5. The highest BCUT2D eigenvalue weighted by Crippen LogP contribution is 2.32. The summed E-state index contributed by atoms with van der Waals surface area (Å²) in [5.74, 6) is -0.370. The van der Waals surface area contributed by atoms with Crippen molar-refractivity contribution in [3.05, 3.63) is 89.4 Å². The summed E-state index contributed by atoms with van der Waals surface area (Å²) >= 11 is 0. The fraction of sp³-hybridized carbons (Fsp3) is 0.371. The van der Waals surface area contributed by atoms with Crippen LogP contribution in [-0.4, -0.2) is 81.0 Å². The van der Waals surface area contributed by atoms with Gasteiger partial charge in [0.2, 0.25) is 0 Å². The lowest BCUT2D eigenvalue weighted by Gasteiger charge is -2.32. The van der Waals surface area contributed by atoms with Crippen molar-refractivity contribution >= 4 is 32.6 Å². The molecule has 2 aliphatic rings. The minimum absolute atomic E-state index is 0.0477. The van der Waals surface area contributed by atoms with Gasteiger partial charge in [-0.05, 0) is 79.1 Å². The van der Waals surface area contributed by atoms with Crippen molar-refractivity contribution in [3.63, 3.8) is 0 Å². The molecule has 2 saturated heterocycles. The standard InChI is InChI=1S/C35H35F4N3O7S/c1-47-31-8-2-22(18-29(31)36)21-41-14-10-25(11-15-41)40-33(43)32-20-24-19-23(3-9-30(24)49-32)34(44)42-16-12-27(13-17-42)48-26-4-6-28(7-5-26)50(45,46)35(37,38)39/h2-9,18-20,25,27H,10-17,21H2,1H3,(H,40,43). The second-order valence-corrected chi connectivity index (χ2v) is 14.3. The molecule has 2 amide bonds. The Hall–Kier alpha value is -4.63. The number of piperidine rings is 2. The fourth-order valence-electron chi connectivity index (χ4n) is 6.23. The highest BCUT2D eigenvalue weighted by molar-refractivity contribution is 7.92. The van der Waals surface area contributed by atoms with Crippen LogP contribution in [0.15, 0.2) is 76.0 Å². The van der Waals surface area contributed by atoms with E-state index in [4.69, 9.17) is 13.9 Å². The van der Waals surface area contributed by atoms with Crippen molar-refractivity contribution in [2.45, 2.75) is 54.8 Å². The van der Waals surface area contributed by atoms with Crippen LogP contribution in [0.3, 0.4) is 0 Å². The molecule has 2 aliphatic heterocycles. The average molecular weight is 718 g/mol. The van der Waals surface area contributed by atoms with Crippen LogP contribution >= 0.6 is 0 Å². The number of methoxy groups -OCH3 is 1. The van der Waals surface area contributed by atoms with Crippen molar-refractivity contribution in [3.8, 4) is 11.5 Å². The molecule has 3 heterocycles. The topological polar surface area (TPSA) is 118 Å². The predicted molar refractivity (Wildman–Crippen MR) is 174 cm³/mol. The van der Waals surface area contributed by atoms with Crippen molar-refractivity contribution in [2.24, 2.45) is 0 Å². The molecule has 0 aliphatic carbocycles. The van der Waals surface area contributed by atoms with Crippen LogP contribution in [0, 0.1) is 5.82 Å². The number of carbonyl (C=O) groups excluding carboxylic acids is 2. The molecule has 0 spiro atoms. The number of furan rings is 1. The molecule has 2 fully saturated rings. The third kappa shape index (κ3) is 7.73. The lowest BCUT2D eigenvalue weighted by atomic mass is 10.0. The Morgan fingerprint density at radius 2 is 1.62 bits per heavy atom. The van der Waals surface area contributed by atoms with Crippen molar-refractivity contribution in [1.29, 1.82) is 0 Å². The Kier molecular flexibility index (Phi) is 10.1. The smallest absolute Gasteiger partial charge is 0.494 e. The quantitative estimate of drug-likeness (QED) is 0.211. The van der Waals surface area contributed by atoms with Crippen LogP contribution in [-0.2, 0) is 16.4 Å². The molecule has 50 heavy (non-hydrogen) atoms. The summed E-state index contributed by atoms with van der Waals surface area (Å²) in [5.41, 5.74) is -3.65. The van der Waals surface area contributed by atoms with E-state index in [1.807, 2.05) is 6.07 Å². The number of alkyl halides is 3. The number of ether oxygens (including phenoxy) is 2. The first-order valence-electron chi connectivity index (χ1n) is 16.1.